The van der Waals surface area contributed by atoms with Gasteiger partial charge in [-0.1, -0.05) is 58.0 Å². The highest BCUT2D eigenvalue weighted by Crippen LogP contribution is 2.40. The third kappa shape index (κ3) is 5.91. The Balaban J connectivity index is 2.18. The summed E-state index contributed by atoms with van der Waals surface area (Å²) in [4.78, 5) is 12.9. The largest absolute Gasteiger partial charge is 0.493 e. The van der Waals surface area contributed by atoms with Crippen LogP contribution in [0.3, 0.4) is 0 Å². The van der Waals surface area contributed by atoms with Crippen molar-refractivity contribution in [3.8, 4) is 17.2 Å². The molecule has 0 saturated carbocycles. The molecular weight excluding hydrogens is 378 g/mol. The second-order valence-electron chi connectivity index (χ2n) is 8.30. The zero-order chi connectivity index (χ0) is 22.3. The summed E-state index contributed by atoms with van der Waals surface area (Å²) in [5.41, 5.74) is 3.19. The maximum absolute atomic E-state index is 12.9. The Morgan fingerprint density at radius 3 is 2.00 bits per heavy atom. The van der Waals surface area contributed by atoms with Gasteiger partial charge >= 0.3 is 0 Å². The van der Waals surface area contributed by atoms with Crippen molar-refractivity contribution in [3.63, 3.8) is 0 Å². The Morgan fingerprint density at radius 1 is 0.867 bits per heavy atom. The van der Waals surface area contributed by atoms with Crippen LogP contribution >= 0.6 is 0 Å². The predicted molar refractivity (Wildman–Crippen MR) is 121 cm³/mol. The fourth-order valence-corrected chi connectivity index (χ4v) is 3.67. The van der Waals surface area contributed by atoms with Crippen molar-refractivity contribution < 1.29 is 19.0 Å². The second-order valence-corrected chi connectivity index (χ2v) is 8.30. The van der Waals surface area contributed by atoms with E-state index >= 15 is 0 Å². The quantitative estimate of drug-likeness (QED) is 0.598. The Morgan fingerprint density at radius 2 is 1.50 bits per heavy atom. The smallest absolute Gasteiger partial charge is 0.225 e. The van der Waals surface area contributed by atoms with E-state index in [1.165, 1.54) is 5.56 Å². The van der Waals surface area contributed by atoms with Crippen LogP contribution in [0.25, 0.3) is 0 Å². The summed E-state index contributed by atoms with van der Waals surface area (Å²) < 4.78 is 16.3. The SMILES string of the molecule is COc1ccc(CC(=O)NC(c2ccc(CC(C)C)cc2)C(C)C)c(OC)c1OC. The molecule has 1 atom stereocenters. The molecule has 2 aromatic carbocycles. The number of hydrogen-bond donors (Lipinski definition) is 1. The zero-order valence-electron chi connectivity index (χ0n) is 19.2. The number of carbonyl (C=O) groups excluding carboxylic acids is 1. The van der Waals surface area contributed by atoms with Crippen LogP contribution in [0.15, 0.2) is 36.4 Å². The molecule has 1 unspecified atom stereocenters. The molecule has 1 amide bonds. The normalized spacial score (nSPS) is 12.0. The summed E-state index contributed by atoms with van der Waals surface area (Å²) in [5.74, 6) is 2.40. The molecule has 0 bridgehead atoms. The number of ether oxygens (including phenoxy) is 3. The molecule has 2 rings (SSSR count). The lowest BCUT2D eigenvalue weighted by molar-refractivity contribution is -0.121. The van der Waals surface area contributed by atoms with Gasteiger partial charge in [0.1, 0.15) is 0 Å². The molecule has 2 aromatic rings. The first kappa shape index (κ1) is 23.6. The fourth-order valence-electron chi connectivity index (χ4n) is 3.67. The molecule has 0 saturated heterocycles. The van der Waals surface area contributed by atoms with Crippen molar-refractivity contribution in [2.45, 2.75) is 46.6 Å². The number of carbonyl (C=O) groups is 1. The van der Waals surface area contributed by atoms with Crippen LogP contribution in [0.5, 0.6) is 17.2 Å². The Labute approximate surface area is 180 Å². The standard InChI is InChI=1S/C25H35NO4/c1-16(2)14-18-8-10-19(11-9-18)23(17(3)4)26-22(27)15-20-12-13-21(28-5)25(30-7)24(20)29-6/h8-13,16-17,23H,14-15H2,1-7H3,(H,26,27). The van der Waals surface area contributed by atoms with Gasteiger partial charge in [0.2, 0.25) is 11.7 Å². The number of amides is 1. The van der Waals surface area contributed by atoms with Crippen molar-refractivity contribution in [2.75, 3.05) is 21.3 Å². The number of methoxy groups -OCH3 is 3. The van der Waals surface area contributed by atoms with Crippen LogP contribution in [0, 0.1) is 11.8 Å². The lowest BCUT2D eigenvalue weighted by atomic mass is 9.93. The van der Waals surface area contributed by atoms with Gasteiger partial charge in [0, 0.05) is 5.56 Å². The average molecular weight is 414 g/mol. The number of rotatable bonds is 10. The monoisotopic (exact) mass is 413 g/mol. The van der Waals surface area contributed by atoms with E-state index in [2.05, 4.69) is 57.3 Å². The molecule has 0 aliphatic rings. The predicted octanol–water partition coefficient (Wildman–Crippen LogP) is 4.97. The number of nitrogens with one attached hydrogen (secondary N) is 1. The molecule has 0 spiro atoms. The van der Waals surface area contributed by atoms with Gasteiger partial charge in [0.15, 0.2) is 11.5 Å². The van der Waals surface area contributed by atoms with Gasteiger partial charge < -0.3 is 19.5 Å². The Hall–Kier alpha value is -2.69. The van der Waals surface area contributed by atoms with Crippen molar-refractivity contribution in [3.05, 3.63) is 53.1 Å². The van der Waals surface area contributed by atoms with E-state index in [1.807, 2.05) is 6.07 Å². The molecular formula is C25H35NO4. The van der Waals surface area contributed by atoms with Crippen LogP contribution < -0.4 is 19.5 Å². The summed E-state index contributed by atoms with van der Waals surface area (Å²) in [6.45, 7) is 8.66. The van der Waals surface area contributed by atoms with Gasteiger partial charge in [-0.25, -0.2) is 0 Å². The molecule has 0 aliphatic heterocycles. The van der Waals surface area contributed by atoms with E-state index in [0.717, 1.165) is 17.5 Å². The van der Waals surface area contributed by atoms with Gasteiger partial charge in [-0.2, -0.15) is 0 Å². The highest BCUT2D eigenvalue weighted by atomic mass is 16.5. The van der Waals surface area contributed by atoms with Crippen LogP contribution in [0.4, 0.5) is 0 Å². The zero-order valence-corrected chi connectivity index (χ0v) is 19.2. The van der Waals surface area contributed by atoms with E-state index in [4.69, 9.17) is 14.2 Å². The Kier molecular flexibility index (Phi) is 8.58. The molecule has 5 heteroatoms. The molecule has 0 aliphatic carbocycles. The first-order valence-corrected chi connectivity index (χ1v) is 10.5. The number of benzene rings is 2. The van der Waals surface area contributed by atoms with Crippen molar-refractivity contribution in [1.82, 2.24) is 5.32 Å². The maximum atomic E-state index is 12.9. The fraction of sp³-hybridized carbons (Fsp3) is 0.480. The molecule has 164 valence electrons. The van der Waals surface area contributed by atoms with E-state index in [-0.39, 0.29) is 24.3 Å². The van der Waals surface area contributed by atoms with E-state index < -0.39 is 0 Å². The highest BCUT2D eigenvalue weighted by molar-refractivity contribution is 5.80. The Bertz CT molecular complexity index is 828. The van der Waals surface area contributed by atoms with Crippen molar-refractivity contribution in [2.24, 2.45) is 11.8 Å². The molecule has 0 radical (unpaired) electrons. The lowest BCUT2D eigenvalue weighted by Gasteiger charge is -2.24. The topological polar surface area (TPSA) is 56.8 Å². The van der Waals surface area contributed by atoms with Crippen LogP contribution in [0.1, 0.15) is 50.4 Å². The third-order valence-corrected chi connectivity index (χ3v) is 5.10. The highest BCUT2D eigenvalue weighted by Gasteiger charge is 2.22. The van der Waals surface area contributed by atoms with Gasteiger partial charge in [-0.3, -0.25) is 4.79 Å². The second kappa shape index (κ2) is 10.9. The third-order valence-electron chi connectivity index (χ3n) is 5.10. The minimum Gasteiger partial charge on any atom is -0.493 e. The minimum atomic E-state index is -0.0644. The summed E-state index contributed by atoms with van der Waals surface area (Å²) in [5, 5.41) is 3.19. The molecule has 0 aromatic heterocycles. The molecule has 0 fully saturated rings. The van der Waals surface area contributed by atoms with Crippen LogP contribution in [-0.2, 0) is 17.6 Å². The van der Waals surface area contributed by atoms with Gasteiger partial charge in [0.25, 0.3) is 0 Å². The number of hydrogen-bond acceptors (Lipinski definition) is 4. The molecule has 1 N–H and O–H groups in total. The van der Waals surface area contributed by atoms with Crippen molar-refractivity contribution >= 4 is 5.91 Å². The summed E-state index contributed by atoms with van der Waals surface area (Å²) >= 11 is 0. The molecule has 5 nitrogen and oxygen atoms in total. The maximum Gasteiger partial charge on any atom is 0.225 e. The summed E-state index contributed by atoms with van der Waals surface area (Å²) in [7, 11) is 4.69. The molecule has 30 heavy (non-hydrogen) atoms. The first-order valence-electron chi connectivity index (χ1n) is 10.5. The van der Waals surface area contributed by atoms with Crippen molar-refractivity contribution in [1.29, 1.82) is 0 Å². The van der Waals surface area contributed by atoms with Gasteiger partial charge in [-0.05, 0) is 35.4 Å². The van der Waals surface area contributed by atoms with E-state index in [0.29, 0.717) is 23.2 Å². The van der Waals surface area contributed by atoms with Gasteiger partial charge in [-0.15, -0.1) is 0 Å². The summed E-state index contributed by atoms with van der Waals surface area (Å²) in [6.07, 6.45) is 1.25. The average Bonchev–Trinajstić information content (AvgIpc) is 2.71. The van der Waals surface area contributed by atoms with E-state index in [1.54, 1.807) is 27.4 Å². The van der Waals surface area contributed by atoms with Crippen LogP contribution in [0.2, 0.25) is 0 Å². The van der Waals surface area contributed by atoms with Gasteiger partial charge in [0.05, 0.1) is 33.8 Å². The molecule has 0 heterocycles. The minimum absolute atomic E-state index is 0.0586. The van der Waals surface area contributed by atoms with Crippen LogP contribution in [-0.4, -0.2) is 27.2 Å². The summed E-state index contributed by atoms with van der Waals surface area (Å²) in [6, 6.07) is 12.1. The van der Waals surface area contributed by atoms with E-state index in [9.17, 15) is 4.79 Å². The first-order chi connectivity index (χ1) is 14.3. The lowest BCUT2D eigenvalue weighted by Crippen LogP contribution is -2.33.